The quantitative estimate of drug-likeness (QED) is 0.322. The SMILES string of the molecule is CCOC(=O)N(C(=O)C(=C=[N-])C[P+](C(C)C)(C(C)C)C(C)C)c1ccccc1. The lowest BCUT2D eigenvalue weighted by Gasteiger charge is -2.39. The van der Waals surface area contributed by atoms with Gasteiger partial charge < -0.3 is 10.1 Å². The van der Waals surface area contributed by atoms with Crippen LogP contribution in [0.25, 0.3) is 5.41 Å². The summed E-state index contributed by atoms with van der Waals surface area (Å²) in [4.78, 5) is 26.8. The van der Waals surface area contributed by atoms with Crippen molar-refractivity contribution in [1.82, 2.24) is 0 Å². The van der Waals surface area contributed by atoms with Crippen molar-refractivity contribution in [2.24, 2.45) is 0 Å². The van der Waals surface area contributed by atoms with Gasteiger partial charge in [0, 0.05) is 7.26 Å². The third-order valence-corrected chi connectivity index (χ3v) is 12.0. The van der Waals surface area contributed by atoms with Crippen LogP contribution in [-0.4, -0.2) is 47.6 Å². The zero-order chi connectivity index (χ0) is 21.5. The van der Waals surface area contributed by atoms with Crippen molar-refractivity contribution in [1.29, 1.82) is 0 Å². The van der Waals surface area contributed by atoms with Crippen LogP contribution in [0.1, 0.15) is 48.5 Å². The molecule has 0 aliphatic rings. The summed E-state index contributed by atoms with van der Waals surface area (Å²) in [6, 6.07) is 8.63. The van der Waals surface area contributed by atoms with E-state index in [1.165, 1.54) is 0 Å². The number of anilines is 1. The van der Waals surface area contributed by atoms with Crippen LogP contribution in [-0.2, 0) is 9.53 Å². The van der Waals surface area contributed by atoms with Gasteiger partial charge in [0.05, 0.1) is 41.0 Å². The second-order valence-corrected chi connectivity index (χ2v) is 13.1. The Morgan fingerprint density at radius 3 is 1.93 bits per heavy atom. The van der Waals surface area contributed by atoms with E-state index in [1.54, 1.807) is 37.3 Å². The second-order valence-electron chi connectivity index (χ2n) is 7.70. The summed E-state index contributed by atoms with van der Waals surface area (Å²) in [6.45, 7) is 14.9. The van der Waals surface area contributed by atoms with Gasteiger partial charge in [-0.15, -0.1) is 0 Å². The number of para-hydroxylation sites is 1. The highest BCUT2D eigenvalue weighted by molar-refractivity contribution is 7.78. The second kappa shape index (κ2) is 10.5. The Bertz CT molecular complexity index is 701. The predicted molar refractivity (Wildman–Crippen MR) is 120 cm³/mol. The number of amides is 2. The number of ether oxygens (including phenoxy) is 1. The average molecular weight is 404 g/mol. The first kappa shape index (κ1) is 24.1. The molecule has 6 heteroatoms. The van der Waals surface area contributed by atoms with Crippen molar-refractivity contribution in [2.45, 2.75) is 65.4 Å². The molecule has 0 atom stereocenters. The molecule has 28 heavy (non-hydrogen) atoms. The molecule has 0 fully saturated rings. The minimum Gasteiger partial charge on any atom is -0.763 e. The molecule has 1 rings (SSSR count). The van der Waals surface area contributed by atoms with Gasteiger partial charge in [0.25, 0.3) is 5.91 Å². The highest BCUT2D eigenvalue weighted by Gasteiger charge is 2.49. The van der Waals surface area contributed by atoms with Crippen LogP contribution in [0.3, 0.4) is 0 Å². The van der Waals surface area contributed by atoms with E-state index in [0.717, 1.165) is 4.90 Å². The minimum absolute atomic E-state index is 0.126. The molecule has 5 nitrogen and oxygen atoms in total. The van der Waals surface area contributed by atoms with Gasteiger partial charge in [-0.05, 0) is 60.6 Å². The standard InChI is InChI=1S/C22H33N2O3P/c1-8-27-22(26)24(20-12-10-9-11-13-20)21(25)19(14-23)15-28(16(2)3,17(4)5)18(6)7/h9-13,16-18H,8,15H2,1-7H3. The summed E-state index contributed by atoms with van der Waals surface area (Å²) in [7, 11) is -1.67. The summed E-state index contributed by atoms with van der Waals surface area (Å²) in [5.41, 5.74) is 1.65. The molecule has 0 unspecified atom stereocenters. The lowest BCUT2D eigenvalue weighted by atomic mass is 10.2. The number of hydrogen-bond acceptors (Lipinski definition) is 3. The minimum atomic E-state index is -1.67. The number of nitrogens with zero attached hydrogens (tertiary/aromatic N) is 2. The first-order chi connectivity index (χ1) is 13.1. The first-order valence-corrected chi connectivity index (χ1v) is 12.0. The van der Waals surface area contributed by atoms with Gasteiger partial charge in [-0.3, -0.25) is 10.7 Å². The maximum absolute atomic E-state index is 13.3. The molecule has 1 aromatic rings. The van der Waals surface area contributed by atoms with Crippen LogP contribution in [0, 0.1) is 0 Å². The van der Waals surface area contributed by atoms with E-state index in [-0.39, 0.29) is 12.2 Å². The van der Waals surface area contributed by atoms with Crippen molar-refractivity contribution >= 4 is 30.8 Å². The molecule has 2 amide bonds. The van der Waals surface area contributed by atoms with E-state index < -0.39 is 19.3 Å². The van der Waals surface area contributed by atoms with E-state index in [9.17, 15) is 15.0 Å². The zero-order valence-electron chi connectivity index (χ0n) is 18.1. The highest BCUT2D eigenvalue weighted by Crippen LogP contribution is 2.70. The van der Waals surface area contributed by atoms with Crippen LogP contribution in [0.5, 0.6) is 0 Å². The summed E-state index contributed by atoms with van der Waals surface area (Å²) >= 11 is 0. The van der Waals surface area contributed by atoms with Crippen molar-refractivity contribution in [3.8, 4) is 0 Å². The number of imide groups is 1. The predicted octanol–water partition coefficient (Wildman–Crippen LogP) is 5.58. The molecular weight excluding hydrogens is 371 g/mol. The summed E-state index contributed by atoms with van der Waals surface area (Å²) in [6.07, 6.45) is -0.327. The summed E-state index contributed by atoms with van der Waals surface area (Å²) in [5, 5.41) is 9.84. The van der Waals surface area contributed by atoms with Gasteiger partial charge in [-0.1, -0.05) is 18.2 Å². The Hall–Kier alpha value is -1.96. The van der Waals surface area contributed by atoms with Crippen molar-refractivity contribution in [2.75, 3.05) is 17.7 Å². The Morgan fingerprint density at radius 2 is 1.54 bits per heavy atom. The Kier molecular flexibility index (Phi) is 9.07. The molecule has 154 valence electrons. The lowest BCUT2D eigenvalue weighted by molar-refractivity contribution is -0.114. The van der Waals surface area contributed by atoms with Gasteiger partial charge in [0.15, 0.2) is 0 Å². The van der Waals surface area contributed by atoms with Crippen molar-refractivity contribution in [3.63, 3.8) is 0 Å². The largest absolute Gasteiger partial charge is 0.763 e. The van der Waals surface area contributed by atoms with Crippen LogP contribution >= 0.6 is 7.26 Å². The number of hydrogen-bond donors (Lipinski definition) is 0. The fraction of sp³-hybridized carbons (Fsp3) is 0.545. The van der Waals surface area contributed by atoms with Crippen LogP contribution < -0.4 is 4.90 Å². The molecule has 1 aromatic carbocycles. The Balaban J connectivity index is 3.40. The molecule has 0 aliphatic heterocycles. The summed E-state index contributed by atoms with van der Waals surface area (Å²) < 4.78 is 5.10. The topological polar surface area (TPSA) is 68.9 Å². The number of carbonyl (C=O) groups is 2. The van der Waals surface area contributed by atoms with E-state index in [0.29, 0.717) is 28.8 Å². The Morgan fingerprint density at radius 1 is 1.04 bits per heavy atom. The van der Waals surface area contributed by atoms with Crippen molar-refractivity contribution < 1.29 is 14.3 Å². The fourth-order valence-corrected chi connectivity index (χ4v) is 9.39. The Labute approximate surface area is 170 Å². The summed E-state index contributed by atoms with van der Waals surface area (Å²) in [5.74, 6) is 1.53. The van der Waals surface area contributed by atoms with Gasteiger partial charge in [-0.2, -0.15) is 0 Å². The number of rotatable bonds is 8. The normalized spacial score (nSPS) is 11.5. The molecule has 0 bridgehead atoms. The van der Waals surface area contributed by atoms with Gasteiger partial charge in [0.2, 0.25) is 0 Å². The molecule has 0 heterocycles. The van der Waals surface area contributed by atoms with Gasteiger partial charge >= 0.3 is 6.09 Å². The van der Waals surface area contributed by atoms with Crippen LogP contribution in [0.15, 0.2) is 35.9 Å². The molecule has 0 radical (unpaired) electrons. The molecule has 0 aliphatic carbocycles. The lowest BCUT2D eigenvalue weighted by Crippen LogP contribution is -2.40. The third kappa shape index (κ3) is 5.10. The number of carbonyl (C=O) groups excluding carboxylic acids is 2. The maximum atomic E-state index is 13.3. The maximum Gasteiger partial charge on any atom is 0.421 e. The van der Waals surface area contributed by atoms with E-state index >= 15 is 0 Å². The van der Waals surface area contributed by atoms with Crippen molar-refractivity contribution in [3.05, 3.63) is 41.3 Å². The van der Waals surface area contributed by atoms with Crippen LogP contribution in [0.4, 0.5) is 10.5 Å². The molecule has 0 saturated heterocycles. The smallest absolute Gasteiger partial charge is 0.421 e. The first-order valence-electron chi connectivity index (χ1n) is 9.82. The van der Waals surface area contributed by atoms with Gasteiger partial charge in [-0.25, -0.2) is 9.69 Å². The fourth-order valence-electron chi connectivity index (χ4n) is 3.97. The highest BCUT2D eigenvalue weighted by atomic mass is 31.2. The van der Waals surface area contributed by atoms with Gasteiger partial charge in [0.1, 0.15) is 0 Å². The van der Waals surface area contributed by atoms with E-state index in [2.05, 4.69) is 47.4 Å². The zero-order valence-corrected chi connectivity index (χ0v) is 19.0. The number of benzene rings is 1. The molecule has 0 aromatic heterocycles. The van der Waals surface area contributed by atoms with E-state index in [1.807, 2.05) is 0 Å². The monoisotopic (exact) mass is 404 g/mol. The average Bonchev–Trinajstić information content (AvgIpc) is 2.63. The molecule has 0 saturated carbocycles. The molecular formula is C22H33N2O3P. The molecule has 0 spiro atoms. The van der Waals surface area contributed by atoms with Crippen LogP contribution in [0.2, 0.25) is 0 Å². The molecule has 0 N–H and O–H groups in total. The third-order valence-electron chi connectivity index (χ3n) is 5.38. The van der Waals surface area contributed by atoms with E-state index in [4.69, 9.17) is 4.74 Å².